The Morgan fingerprint density at radius 3 is 2.62 bits per heavy atom. The first-order valence-electron chi connectivity index (χ1n) is 6.83. The summed E-state index contributed by atoms with van der Waals surface area (Å²) in [6.45, 7) is 0. The number of nitrogens with two attached hydrogens (primary N) is 1. The summed E-state index contributed by atoms with van der Waals surface area (Å²) < 4.78 is 10.2. The SMILES string of the molecule is COC(=O)C1=C(N)Oc2[nH]c(=S)[nH]c(=O)c2C1c1ccc(O)cc1. The third kappa shape index (κ3) is 2.54. The number of aromatic hydroxyl groups is 1. The Morgan fingerprint density at radius 2 is 2.00 bits per heavy atom. The molecule has 0 amide bonds. The van der Waals surface area contributed by atoms with Gasteiger partial charge in [-0.1, -0.05) is 12.1 Å². The molecule has 0 aliphatic carbocycles. The van der Waals surface area contributed by atoms with Gasteiger partial charge in [0.05, 0.1) is 18.6 Å². The Morgan fingerprint density at radius 1 is 1.33 bits per heavy atom. The molecule has 8 nitrogen and oxygen atoms in total. The van der Waals surface area contributed by atoms with Gasteiger partial charge in [-0.25, -0.2) is 4.79 Å². The number of methoxy groups -OCH3 is 1. The molecule has 1 aromatic carbocycles. The number of fused-ring (bicyclic) bond motifs is 1. The van der Waals surface area contributed by atoms with E-state index < -0.39 is 17.4 Å². The number of esters is 1. The summed E-state index contributed by atoms with van der Waals surface area (Å²) in [5, 5.41) is 9.47. The molecular weight excluding hydrogens is 334 g/mol. The smallest absolute Gasteiger partial charge is 0.340 e. The summed E-state index contributed by atoms with van der Waals surface area (Å²) in [7, 11) is 1.20. The molecule has 1 aliphatic heterocycles. The molecule has 3 rings (SSSR count). The van der Waals surface area contributed by atoms with E-state index in [9.17, 15) is 14.7 Å². The minimum absolute atomic E-state index is 0.00768. The molecule has 124 valence electrons. The highest BCUT2D eigenvalue weighted by atomic mass is 32.1. The predicted molar refractivity (Wildman–Crippen MR) is 86.1 cm³/mol. The van der Waals surface area contributed by atoms with Crippen molar-refractivity contribution in [3.63, 3.8) is 0 Å². The number of aromatic nitrogens is 2. The second-order valence-electron chi connectivity index (χ2n) is 5.05. The number of H-pyrrole nitrogens is 2. The van der Waals surface area contributed by atoms with Crippen LogP contribution in [0, 0.1) is 4.77 Å². The van der Waals surface area contributed by atoms with Crippen LogP contribution in [0.15, 0.2) is 40.5 Å². The molecule has 0 saturated carbocycles. The average molecular weight is 347 g/mol. The van der Waals surface area contributed by atoms with Gasteiger partial charge in [0.1, 0.15) is 11.3 Å². The molecule has 2 aromatic rings. The Bertz CT molecular complexity index is 958. The van der Waals surface area contributed by atoms with Crippen LogP contribution in [-0.2, 0) is 9.53 Å². The first-order chi connectivity index (χ1) is 11.4. The number of ether oxygens (including phenoxy) is 2. The summed E-state index contributed by atoms with van der Waals surface area (Å²) in [4.78, 5) is 29.8. The first-order valence-corrected chi connectivity index (χ1v) is 7.24. The van der Waals surface area contributed by atoms with Gasteiger partial charge in [0.15, 0.2) is 4.77 Å². The fourth-order valence-electron chi connectivity index (χ4n) is 2.60. The van der Waals surface area contributed by atoms with Crippen LogP contribution in [0.2, 0.25) is 0 Å². The van der Waals surface area contributed by atoms with Crippen LogP contribution >= 0.6 is 12.2 Å². The Labute approximate surface area is 140 Å². The lowest BCUT2D eigenvalue weighted by molar-refractivity contribution is -0.136. The summed E-state index contributed by atoms with van der Waals surface area (Å²) in [5.74, 6) is -1.64. The van der Waals surface area contributed by atoms with Gasteiger partial charge in [-0.05, 0) is 29.9 Å². The zero-order chi connectivity index (χ0) is 17.4. The minimum atomic E-state index is -0.836. The molecule has 24 heavy (non-hydrogen) atoms. The lowest BCUT2D eigenvalue weighted by Crippen LogP contribution is -2.32. The van der Waals surface area contributed by atoms with Crippen LogP contribution in [0.4, 0.5) is 0 Å². The normalized spacial score (nSPS) is 16.3. The molecule has 0 fully saturated rings. The number of rotatable bonds is 2. The van der Waals surface area contributed by atoms with Crippen molar-refractivity contribution in [3.8, 4) is 11.6 Å². The van der Waals surface area contributed by atoms with E-state index in [0.29, 0.717) is 5.56 Å². The van der Waals surface area contributed by atoms with E-state index in [4.69, 9.17) is 27.4 Å². The minimum Gasteiger partial charge on any atom is -0.508 e. The Hall–Kier alpha value is -3.07. The van der Waals surface area contributed by atoms with E-state index in [1.165, 1.54) is 19.2 Å². The third-order valence-corrected chi connectivity index (χ3v) is 3.83. The van der Waals surface area contributed by atoms with Crippen LogP contribution in [-0.4, -0.2) is 28.2 Å². The maximum Gasteiger partial charge on any atom is 0.340 e. The van der Waals surface area contributed by atoms with Gasteiger partial charge in [-0.2, -0.15) is 0 Å². The number of phenols is 1. The van der Waals surface area contributed by atoms with Crippen LogP contribution in [0.5, 0.6) is 11.6 Å². The highest BCUT2D eigenvalue weighted by Crippen LogP contribution is 2.39. The van der Waals surface area contributed by atoms with E-state index in [-0.39, 0.29) is 33.4 Å². The van der Waals surface area contributed by atoms with Crippen LogP contribution in [0.3, 0.4) is 0 Å². The standard InChI is InChI=1S/C15H13N3O5S/c1-22-14(21)9-8(6-2-4-7(19)5-3-6)10-12(20)17-15(24)18-13(10)23-11(9)16/h2-5,8,19H,16H2,1H3,(H2,17,18,20,24). The van der Waals surface area contributed by atoms with Crippen LogP contribution < -0.4 is 16.0 Å². The van der Waals surface area contributed by atoms with E-state index in [1.807, 2.05) is 0 Å². The lowest BCUT2D eigenvalue weighted by atomic mass is 9.84. The zero-order valence-electron chi connectivity index (χ0n) is 12.5. The largest absolute Gasteiger partial charge is 0.508 e. The van der Waals surface area contributed by atoms with Crippen molar-refractivity contribution >= 4 is 18.2 Å². The van der Waals surface area contributed by atoms with Gasteiger partial charge >= 0.3 is 5.97 Å². The Kier molecular flexibility index (Phi) is 3.86. The monoisotopic (exact) mass is 347 g/mol. The van der Waals surface area contributed by atoms with E-state index >= 15 is 0 Å². The summed E-state index contributed by atoms with van der Waals surface area (Å²) in [5.41, 5.74) is 6.04. The van der Waals surface area contributed by atoms with Gasteiger partial charge in [0, 0.05) is 0 Å². The average Bonchev–Trinajstić information content (AvgIpc) is 2.53. The van der Waals surface area contributed by atoms with Crippen molar-refractivity contribution in [2.75, 3.05) is 7.11 Å². The number of hydrogen-bond donors (Lipinski definition) is 4. The van der Waals surface area contributed by atoms with E-state index in [0.717, 1.165) is 0 Å². The molecule has 0 saturated heterocycles. The molecule has 0 spiro atoms. The molecule has 0 bridgehead atoms. The van der Waals surface area contributed by atoms with Crippen LogP contribution in [0.1, 0.15) is 17.0 Å². The Balaban J connectivity index is 2.31. The molecule has 5 N–H and O–H groups in total. The second-order valence-corrected chi connectivity index (χ2v) is 5.46. The molecule has 1 aliphatic rings. The molecular formula is C15H13N3O5S. The summed E-state index contributed by atoms with van der Waals surface area (Å²) in [6.07, 6.45) is 0. The number of nitrogens with one attached hydrogen (secondary N) is 2. The van der Waals surface area contributed by atoms with E-state index in [2.05, 4.69) is 9.97 Å². The fourth-order valence-corrected chi connectivity index (χ4v) is 2.78. The quantitative estimate of drug-likeness (QED) is 0.471. The second kappa shape index (κ2) is 5.85. The number of aromatic amines is 2. The number of carbonyl (C=O) groups excluding carboxylic acids is 1. The van der Waals surface area contributed by atoms with Crippen molar-refractivity contribution < 1.29 is 19.4 Å². The van der Waals surface area contributed by atoms with Crippen molar-refractivity contribution in [3.05, 3.63) is 62.0 Å². The number of hydrogen-bond acceptors (Lipinski definition) is 7. The first kappa shape index (κ1) is 15.8. The molecule has 2 heterocycles. The predicted octanol–water partition coefficient (Wildman–Crippen LogP) is 1.01. The third-order valence-electron chi connectivity index (χ3n) is 3.63. The van der Waals surface area contributed by atoms with Gasteiger partial charge in [0.2, 0.25) is 11.8 Å². The fraction of sp³-hybridized carbons (Fsp3) is 0.133. The van der Waals surface area contributed by atoms with Gasteiger partial charge < -0.3 is 25.3 Å². The van der Waals surface area contributed by atoms with Gasteiger partial charge in [-0.3, -0.25) is 9.78 Å². The maximum absolute atomic E-state index is 12.4. The molecule has 9 heteroatoms. The highest BCUT2D eigenvalue weighted by Gasteiger charge is 2.37. The topological polar surface area (TPSA) is 130 Å². The van der Waals surface area contributed by atoms with Gasteiger partial charge in [0.25, 0.3) is 5.56 Å². The van der Waals surface area contributed by atoms with E-state index in [1.54, 1.807) is 12.1 Å². The van der Waals surface area contributed by atoms with Crippen LogP contribution in [0.25, 0.3) is 0 Å². The maximum atomic E-state index is 12.4. The van der Waals surface area contributed by atoms with Crippen molar-refractivity contribution in [2.24, 2.45) is 5.73 Å². The zero-order valence-corrected chi connectivity index (χ0v) is 13.3. The molecule has 0 radical (unpaired) electrons. The number of benzene rings is 1. The molecule has 1 unspecified atom stereocenters. The number of phenolic OH excluding ortho intramolecular Hbond substituents is 1. The van der Waals surface area contributed by atoms with Crippen molar-refractivity contribution in [2.45, 2.75) is 5.92 Å². The number of carbonyl (C=O) groups is 1. The lowest BCUT2D eigenvalue weighted by Gasteiger charge is -2.26. The highest BCUT2D eigenvalue weighted by molar-refractivity contribution is 7.71. The summed E-state index contributed by atoms with van der Waals surface area (Å²) >= 11 is 4.93. The molecule has 1 aromatic heterocycles. The van der Waals surface area contributed by atoms with Crippen molar-refractivity contribution in [1.29, 1.82) is 0 Å². The summed E-state index contributed by atoms with van der Waals surface area (Å²) in [6, 6.07) is 6.03. The van der Waals surface area contributed by atoms with Gasteiger partial charge in [-0.15, -0.1) is 0 Å². The molecule has 1 atom stereocenters. The van der Waals surface area contributed by atoms with Crippen molar-refractivity contribution in [1.82, 2.24) is 9.97 Å².